The molecule has 5 nitrogen and oxygen atoms in total. The molecule has 0 aromatic carbocycles. The Morgan fingerprint density at radius 2 is 2.33 bits per heavy atom. The smallest absolute Gasteiger partial charge is 0.226 e. The van der Waals surface area contributed by atoms with Crippen molar-refractivity contribution in [2.24, 2.45) is 0 Å². The fourth-order valence-electron chi connectivity index (χ4n) is 1.72. The topological polar surface area (TPSA) is 59.1 Å². The van der Waals surface area contributed by atoms with Crippen LogP contribution in [0.1, 0.15) is 18.2 Å². The quantitative estimate of drug-likeness (QED) is 0.760. The van der Waals surface area contributed by atoms with Crippen LogP contribution in [0.4, 0.5) is 5.95 Å². The van der Waals surface area contributed by atoms with Crippen molar-refractivity contribution >= 4 is 5.95 Å². The van der Waals surface area contributed by atoms with Crippen molar-refractivity contribution < 1.29 is 4.74 Å². The molecule has 1 aromatic heterocycles. The van der Waals surface area contributed by atoms with E-state index in [-0.39, 0.29) is 0 Å². The number of methoxy groups -OCH3 is 1. The molecule has 2 N–H and O–H groups in total. The average Bonchev–Trinajstić information content (AvgIpc) is 2.28. The Kier molecular flexibility index (Phi) is 3.01. The van der Waals surface area contributed by atoms with Crippen LogP contribution in [0.25, 0.3) is 0 Å². The molecule has 82 valence electrons. The van der Waals surface area contributed by atoms with Gasteiger partial charge in [0.2, 0.25) is 11.8 Å². The number of anilines is 1. The van der Waals surface area contributed by atoms with Gasteiger partial charge in [0.15, 0.2) is 0 Å². The van der Waals surface area contributed by atoms with E-state index >= 15 is 0 Å². The van der Waals surface area contributed by atoms with Gasteiger partial charge in [-0.1, -0.05) is 0 Å². The van der Waals surface area contributed by atoms with Gasteiger partial charge < -0.3 is 15.4 Å². The SMILES string of the molecule is CCNc1nc2c(c(OC)n1)CNCC2. The Bertz CT molecular complexity index is 336. The zero-order valence-corrected chi connectivity index (χ0v) is 9.13. The maximum absolute atomic E-state index is 5.27. The van der Waals surface area contributed by atoms with Gasteiger partial charge in [0.05, 0.1) is 12.8 Å². The zero-order chi connectivity index (χ0) is 10.7. The summed E-state index contributed by atoms with van der Waals surface area (Å²) in [6.07, 6.45) is 0.937. The van der Waals surface area contributed by atoms with Gasteiger partial charge in [-0.25, -0.2) is 4.98 Å². The van der Waals surface area contributed by atoms with Gasteiger partial charge in [0.1, 0.15) is 0 Å². The van der Waals surface area contributed by atoms with Crippen LogP contribution in [0.5, 0.6) is 5.88 Å². The molecule has 0 aliphatic carbocycles. The molecular weight excluding hydrogens is 192 g/mol. The fraction of sp³-hybridized carbons (Fsp3) is 0.600. The molecule has 0 saturated carbocycles. The summed E-state index contributed by atoms with van der Waals surface area (Å²) in [5.74, 6) is 1.35. The van der Waals surface area contributed by atoms with Crippen molar-refractivity contribution in [3.63, 3.8) is 0 Å². The second-order valence-corrected chi connectivity index (χ2v) is 3.44. The average molecular weight is 208 g/mol. The minimum Gasteiger partial charge on any atom is -0.481 e. The third-order valence-electron chi connectivity index (χ3n) is 2.42. The molecule has 0 unspecified atom stereocenters. The lowest BCUT2D eigenvalue weighted by molar-refractivity contribution is 0.386. The molecular formula is C10H16N4O. The summed E-state index contributed by atoms with van der Waals surface area (Å²) in [5, 5.41) is 6.40. The first-order valence-corrected chi connectivity index (χ1v) is 5.23. The molecule has 2 rings (SSSR count). The normalized spacial score (nSPS) is 14.5. The molecule has 15 heavy (non-hydrogen) atoms. The Hall–Kier alpha value is -1.36. The van der Waals surface area contributed by atoms with Crippen molar-refractivity contribution in [2.45, 2.75) is 19.9 Å². The van der Waals surface area contributed by atoms with Gasteiger partial charge in [-0.15, -0.1) is 0 Å². The first kappa shape index (κ1) is 10.2. The zero-order valence-electron chi connectivity index (χ0n) is 9.13. The van der Waals surface area contributed by atoms with Gasteiger partial charge in [0, 0.05) is 31.6 Å². The molecule has 0 fully saturated rings. The van der Waals surface area contributed by atoms with Crippen LogP contribution in [-0.2, 0) is 13.0 Å². The molecule has 0 spiro atoms. The highest BCUT2D eigenvalue weighted by Crippen LogP contribution is 2.22. The molecule has 5 heteroatoms. The monoisotopic (exact) mass is 208 g/mol. The van der Waals surface area contributed by atoms with Crippen molar-refractivity contribution in [2.75, 3.05) is 25.5 Å². The number of nitrogens with one attached hydrogen (secondary N) is 2. The number of aromatic nitrogens is 2. The van der Waals surface area contributed by atoms with E-state index in [1.165, 1.54) is 0 Å². The van der Waals surface area contributed by atoms with Crippen LogP contribution < -0.4 is 15.4 Å². The number of hydrogen-bond donors (Lipinski definition) is 2. The maximum Gasteiger partial charge on any atom is 0.226 e. The van der Waals surface area contributed by atoms with E-state index in [0.29, 0.717) is 11.8 Å². The van der Waals surface area contributed by atoms with E-state index < -0.39 is 0 Å². The summed E-state index contributed by atoms with van der Waals surface area (Å²) < 4.78 is 5.27. The summed E-state index contributed by atoms with van der Waals surface area (Å²) >= 11 is 0. The highest BCUT2D eigenvalue weighted by molar-refractivity contribution is 5.39. The summed E-state index contributed by atoms with van der Waals surface area (Å²) in [6.45, 7) is 4.61. The maximum atomic E-state index is 5.27. The van der Waals surface area contributed by atoms with Crippen molar-refractivity contribution in [1.82, 2.24) is 15.3 Å². The molecule has 1 aliphatic heterocycles. The minimum atomic E-state index is 0.662. The molecule has 2 heterocycles. The summed E-state index contributed by atoms with van der Waals surface area (Å²) in [7, 11) is 1.65. The predicted molar refractivity (Wildman–Crippen MR) is 58.2 cm³/mol. The summed E-state index contributed by atoms with van der Waals surface area (Å²) in [5.41, 5.74) is 2.18. The van der Waals surface area contributed by atoms with Crippen LogP contribution in [0, 0.1) is 0 Å². The number of ether oxygens (including phenoxy) is 1. The van der Waals surface area contributed by atoms with E-state index in [9.17, 15) is 0 Å². The van der Waals surface area contributed by atoms with Crippen LogP contribution in [0.2, 0.25) is 0 Å². The molecule has 0 radical (unpaired) electrons. The first-order chi connectivity index (χ1) is 7.35. The first-order valence-electron chi connectivity index (χ1n) is 5.23. The Balaban J connectivity index is 2.38. The standard InChI is InChI=1S/C10H16N4O/c1-3-12-10-13-8-4-5-11-6-7(8)9(14-10)15-2/h11H,3-6H2,1-2H3,(H,12,13,14). The second kappa shape index (κ2) is 4.44. The number of rotatable bonds is 3. The molecule has 0 bridgehead atoms. The lowest BCUT2D eigenvalue weighted by Gasteiger charge is -2.19. The van der Waals surface area contributed by atoms with Crippen LogP contribution in [0.3, 0.4) is 0 Å². The van der Waals surface area contributed by atoms with Gasteiger partial charge in [-0.2, -0.15) is 4.98 Å². The molecule has 0 saturated heterocycles. The lowest BCUT2D eigenvalue weighted by atomic mass is 10.1. The fourth-order valence-corrected chi connectivity index (χ4v) is 1.72. The number of nitrogens with zero attached hydrogens (tertiary/aromatic N) is 2. The van der Waals surface area contributed by atoms with E-state index in [2.05, 4.69) is 20.6 Å². The summed E-state index contributed by atoms with van der Waals surface area (Å²) in [6, 6.07) is 0. The minimum absolute atomic E-state index is 0.662. The van der Waals surface area contributed by atoms with Crippen molar-refractivity contribution in [1.29, 1.82) is 0 Å². The van der Waals surface area contributed by atoms with Crippen LogP contribution >= 0.6 is 0 Å². The Morgan fingerprint density at radius 3 is 3.07 bits per heavy atom. The summed E-state index contributed by atoms with van der Waals surface area (Å²) in [4.78, 5) is 8.78. The third-order valence-corrected chi connectivity index (χ3v) is 2.42. The van der Waals surface area contributed by atoms with Gasteiger partial charge in [-0.3, -0.25) is 0 Å². The lowest BCUT2D eigenvalue weighted by Crippen LogP contribution is -2.26. The van der Waals surface area contributed by atoms with Crippen molar-refractivity contribution in [3.8, 4) is 5.88 Å². The van der Waals surface area contributed by atoms with E-state index in [1.54, 1.807) is 7.11 Å². The van der Waals surface area contributed by atoms with E-state index in [1.807, 2.05) is 6.92 Å². The Labute approximate surface area is 89.3 Å². The van der Waals surface area contributed by atoms with Gasteiger partial charge in [0.25, 0.3) is 0 Å². The number of fused-ring (bicyclic) bond motifs is 1. The highest BCUT2D eigenvalue weighted by Gasteiger charge is 2.17. The molecule has 0 amide bonds. The van der Waals surface area contributed by atoms with Crippen LogP contribution in [0.15, 0.2) is 0 Å². The molecule has 1 aliphatic rings. The van der Waals surface area contributed by atoms with Gasteiger partial charge in [-0.05, 0) is 6.92 Å². The molecule has 0 atom stereocenters. The predicted octanol–water partition coefficient (Wildman–Crippen LogP) is 0.563. The second-order valence-electron chi connectivity index (χ2n) is 3.44. The van der Waals surface area contributed by atoms with Crippen molar-refractivity contribution in [3.05, 3.63) is 11.3 Å². The third kappa shape index (κ3) is 2.02. The highest BCUT2D eigenvalue weighted by atomic mass is 16.5. The van der Waals surface area contributed by atoms with Crippen LogP contribution in [-0.4, -0.2) is 30.2 Å². The Morgan fingerprint density at radius 1 is 1.47 bits per heavy atom. The van der Waals surface area contributed by atoms with Gasteiger partial charge >= 0.3 is 0 Å². The van der Waals surface area contributed by atoms with E-state index in [4.69, 9.17) is 4.74 Å². The largest absolute Gasteiger partial charge is 0.481 e. The number of hydrogen-bond acceptors (Lipinski definition) is 5. The van der Waals surface area contributed by atoms with E-state index in [0.717, 1.165) is 37.3 Å². The molecule has 1 aromatic rings.